The molecule has 1 rings (SSSR count). The molecule has 0 amide bonds. The molecule has 0 aromatic heterocycles. The van der Waals surface area contributed by atoms with E-state index in [1.807, 2.05) is 6.92 Å². The lowest BCUT2D eigenvalue weighted by atomic mass is 9.82. The van der Waals surface area contributed by atoms with Crippen molar-refractivity contribution < 1.29 is 22.3 Å². The van der Waals surface area contributed by atoms with Gasteiger partial charge in [0.25, 0.3) is 0 Å². The van der Waals surface area contributed by atoms with Crippen LogP contribution in [0.1, 0.15) is 97.5 Å². The van der Waals surface area contributed by atoms with E-state index in [1.54, 1.807) is 0 Å². The van der Waals surface area contributed by atoms with Gasteiger partial charge in [-0.2, -0.15) is 0 Å². The van der Waals surface area contributed by atoms with Crippen molar-refractivity contribution in [1.29, 1.82) is 0 Å². The maximum absolute atomic E-state index is 13.8. The Hall–Kier alpha value is -1.10. The molecule has 1 aromatic carbocycles. The fourth-order valence-electron chi connectivity index (χ4n) is 4.01. The average Bonchev–Trinajstić information content (AvgIpc) is 2.67. The van der Waals surface area contributed by atoms with Crippen LogP contribution >= 0.6 is 0 Å². The van der Waals surface area contributed by atoms with Gasteiger partial charge in [0.2, 0.25) is 0 Å². The summed E-state index contributed by atoms with van der Waals surface area (Å²) in [5.74, 6) is -5.71. The van der Waals surface area contributed by atoms with E-state index in [-0.39, 0.29) is 17.6 Å². The summed E-state index contributed by atoms with van der Waals surface area (Å²) in [5, 5.41) is 0. The fraction of sp³-hybridized carbons (Fsp3) is 0.750. The maximum Gasteiger partial charge on any atom is 0.197 e. The molecular formula is C24H38F4O. The molecule has 1 atom stereocenters. The van der Waals surface area contributed by atoms with Crippen LogP contribution in [0.5, 0.6) is 0 Å². The number of hydrogen-bond donors (Lipinski definition) is 0. The van der Waals surface area contributed by atoms with E-state index in [9.17, 15) is 17.6 Å². The van der Waals surface area contributed by atoms with Gasteiger partial charge in [-0.05, 0) is 64.0 Å². The third kappa shape index (κ3) is 8.65. The number of ether oxygens (including phenoxy) is 1. The molecule has 1 aromatic rings. The molecule has 29 heavy (non-hydrogen) atoms. The minimum absolute atomic E-state index is 0.0991. The second-order valence-corrected chi connectivity index (χ2v) is 8.50. The quantitative estimate of drug-likeness (QED) is 0.121. The predicted molar refractivity (Wildman–Crippen MR) is 111 cm³/mol. The summed E-state index contributed by atoms with van der Waals surface area (Å²) in [6.07, 6.45) is 11.0. The molecule has 0 aliphatic heterocycles. The van der Waals surface area contributed by atoms with Crippen LogP contribution in [0.25, 0.3) is 0 Å². The van der Waals surface area contributed by atoms with Crippen molar-refractivity contribution in [3.8, 4) is 0 Å². The molecular weight excluding hydrogens is 380 g/mol. The van der Waals surface area contributed by atoms with Gasteiger partial charge in [-0.25, -0.2) is 17.6 Å². The second kappa shape index (κ2) is 13.3. The molecule has 168 valence electrons. The zero-order valence-electron chi connectivity index (χ0n) is 18.6. The molecule has 0 aliphatic rings. The van der Waals surface area contributed by atoms with E-state index < -0.39 is 23.3 Å². The van der Waals surface area contributed by atoms with Crippen molar-refractivity contribution in [1.82, 2.24) is 0 Å². The van der Waals surface area contributed by atoms with Crippen LogP contribution in [0.3, 0.4) is 0 Å². The molecule has 0 fully saturated rings. The van der Waals surface area contributed by atoms with Crippen LogP contribution < -0.4 is 0 Å². The van der Waals surface area contributed by atoms with Gasteiger partial charge in [0.15, 0.2) is 23.3 Å². The summed E-state index contributed by atoms with van der Waals surface area (Å²) in [7, 11) is 0. The Kier molecular flexibility index (Phi) is 11.9. The first kappa shape index (κ1) is 25.9. The number of hydrogen-bond acceptors (Lipinski definition) is 1. The average molecular weight is 419 g/mol. The second-order valence-electron chi connectivity index (χ2n) is 8.50. The zero-order valence-corrected chi connectivity index (χ0v) is 18.6. The lowest BCUT2D eigenvalue weighted by Gasteiger charge is -2.34. The van der Waals surface area contributed by atoms with Crippen molar-refractivity contribution in [3.63, 3.8) is 0 Å². The molecule has 5 heteroatoms. The Morgan fingerprint density at radius 2 is 1.38 bits per heavy atom. The molecule has 0 saturated heterocycles. The van der Waals surface area contributed by atoms with Crippen molar-refractivity contribution in [2.24, 2.45) is 5.92 Å². The molecule has 0 N–H and O–H groups in total. The number of unbranched alkanes of at least 4 members (excludes halogenated alkanes) is 6. The number of aryl methyl sites for hydroxylation is 1. The number of rotatable bonds is 15. The van der Waals surface area contributed by atoms with Crippen molar-refractivity contribution in [2.75, 3.05) is 6.61 Å². The minimum atomic E-state index is -1.75. The molecule has 0 aliphatic carbocycles. The first-order valence-corrected chi connectivity index (χ1v) is 11.2. The summed E-state index contributed by atoms with van der Waals surface area (Å²) in [6, 6.07) is 0.770. The molecule has 0 bridgehead atoms. The highest BCUT2D eigenvalue weighted by Crippen LogP contribution is 2.32. The van der Waals surface area contributed by atoms with E-state index in [0.29, 0.717) is 18.9 Å². The summed E-state index contributed by atoms with van der Waals surface area (Å²) >= 11 is 0. The summed E-state index contributed by atoms with van der Waals surface area (Å²) in [4.78, 5) is 0. The summed E-state index contributed by atoms with van der Waals surface area (Å²) in [5.41, 5.74) is -0.338. The van der Waals surface area contributed by atoms with Crippen molar-refractivity contribution in [3.05, 3.63) is 34.9 Å². The van der Waals surface area contributed by atoms with Crippen molar-refractivity contribution >= 4 is 0 Å². The highest BCUT2D eigenvalue weighted by atomic mass is 19.2. The first-order chi connectivity index (χ1) is 13.7. The molecule has 0 spiro atoms. The Balaban J connectivity index is 2.55. The Morgan fingerprint density at radius 3 is 2.00 bits per heavy atom. The highest BCUT2D eigenvalue weighted by Gasteiger charge is 2.29. The van der Waals surface area contributed by atoms with E-state index in [0.717, 1.165) is 31.7 Å². The van der Waals surface area contributed by atoms with Crippen LogP contribution in [0.2, 0.25) is 0 Å². The van der Waals surface area contributed by atoms with E-state index in [1.165, 1.54) is 32.1 Å². The first-order valence-electron chi connectivity index (χ1n) is 11.2. The third-order valence-electron chi connectivity index (χ3n) is 5.83. The number of benzene rings is 1. The van der Waals surface area contributed by atoms with Gasteiger partial charge < -0.3 is 4.74 Å². The fourth-order valence-corrected chi connectivity index (χ4v) is 4.01. The Morgan fingerprint density at radius 1 is 0.793 bits per heavy atom. The summed E-state index contributed by atoms with van der Waals surface area (Å²) in [6.45, 7) is 9.08. The van der Waals surface area contributed by atoms with Gasteiger partial charge >= 0.3 is 0 Å². The standard InChI is InChI=1S/C24H38F4O/c1-5-7-8-9-10-11-15-19(24(3,4)29-6-2)16-13-12-14-18-17-20(25)22(27)23(28)21(18)26/h17,19H,5-16H2,1-4H3. The van der Waals surface area contributed by atoms with Gasteiger partial charge in [0, 0.05) is 6.61 Å². The van der Waals surface area contributed by atoms with Gasteiger partial charge in [-0.1, -0.05) is 51.9 Å². The SMILES string of the molecule is CCCCCCCCC(CCCCc1cc(F)c(F)c(F)c1F)C(C)(C)OCC. The Bertz CT molecular complexity index is 601. The van der Waals surface area contributed by atoms with Crippen LogP contribution in [-0.4, -0.2) is 12.2 Å². The topological polar surface area (TPSA) is 9.23 Å². The molecule has 0 radical (unpaired) electrons. The van der Waals surface area contributed by atoms with Crippen LogP contribution in [0, 0.1) is 29.2 Å². The highest BCUT2D eigenvalue weighted by molar-refractivity contribution is 5.21. The molecule has 1 nitrogen and oxygen atoms in total. The molecule has 1 unspecified atom stereocenters. The normalized spacial score (nSPS) is 13.1. The minimum Gasteiger partial charge on any atom is -0.376 e. The third-order valence-corrected chi connectivity index (χ3v) is 5.83. The van der Waals surface area contributed by atoms with E-state index in [4.69, 9.17) is 4.74 Å². The predicted octanol–water partition coefficient (Wildman–Crippen LogP) is 8.14. The monoisotopic (exact) mass is 418 g/mol. The molecule has 0 heterocycles. The number of halogens is 4. The van der Waals surface area contributed by atoms with Gasteiger partial charge in [0.05, 0.1) is 5.60 Å². The van der Waals surface area contributed by atoms with Crippen molar-refractivity contribution in [2.45, 2.75) is 104 Å². The smallest absolute Gasteiger partial charge is 0.197 e. The largest absolute Gasteiger partial charge is 0.376 e. The van der Waals surface area contributed by atoms with Crippen LogP contribution in [0.15, 0.2) is 6.07 Å². The van der Waals surface area contributed by atoms with Gasteiger partial charge in [-0.3, -0.25) is 0 Å². The lowest BCUT2D eigenvalue weighted by molar-refractivity contribution is -0.0605. The maximum atomic E-state index is 13.8. The van der Waals surface area contributed by atoms with Crippen LogP contribution in [-0.2, 0) is 11.2 Å². The molecule has 0 saturated carbocycles. The summed E-state index contributed by atoms with van der Waals surface area (Å²) < 4.78 is 59.6. The van der Waals surface area contributed by atoms with E-state index >= 15 is 0 Å². The van der Waals surface area contributed by atoms with Gasteiger partial charge in [-0.15, -0.1) is 0 Å². The lowest BCUT2D eigenvalue weighted by Crippen LogP contribution is -2.34. The zero-order chi connectivity index (χ0) is 21.9. The van der Waals surface area contributed by atoms with Gasteiger partial charge in [0.1, 0.15) is 0 Å². The van der Waals surface area contributed by atoms with E-state index in [2.05, 4.69) is 20.8 Å². The van der Waals surface area contributed by atoms with Crippen LogP contribution in [0.4, 0.5) is 17.6 Å². The Labute approximate surface area is 174 Å².